The van der Waals surface area contributed by atoms with E-state index in [9.17, 15) is 0 Å². The van der Waals surface area contributed by atoms with Crippen molar-refractivity contribution in [1.29, 1.82) is 0 Å². The van der Waals surface area contributed by atoms with Gasteiger partial charge in [0.05, 0.1) is 9.39 Å². The Hall–Kier alpha value is 0.1000. The molecule has 0 spiro atoms. The van der Waals surface area contributed by atoms with E-state index in [1.165, 1.54) is 8.66 Å². The van der Waals surface area contributed by atoms with E-state index < -0.39 is 0 Å². The smallest absolute Gasteiger partial charge is 0.0829 e. The number of methoxy groups -OCH3 is 1. The average Bonchev–Trinajstić information content (AvgIpc) is 2.83. The summed E-state index contributed by atoms with van der Waals surface area (Å²) in [5, 5.41) is 3.69. The summed E-state index contributed by atoms with van der Waals surface area (Å²) in [5.74, 6) is 0. The molecule has 0 saturated heterocycles. The van der Waals surface area contributed by atoms with Crippen molar-refractivity contribution < 1.29 is 4.74 Å². The molecule has 0 aromatic carbocycles. The molecule has 0 saturated carbocycles. The van der Waals surface area contributed by atoms with Gasteiger partial charge >= 0.3 is 0 Å². The Morgan fingerprint density at radius 2 is 2.00 bits per heavy atom. The van der Waals surface area contributed by atoms with Crippen LogP contribution in [0.1, 0.15) is 44.9 Å². The van der Waals surface area contributed by atoms with Crippen LogP contribution in [0, 0.1) is 0 Å². The minimum absolute atomic E-state index is 0.0639. The summed E-state index contributed by atoms with van der Waals surface area (Å²) in [6, 6.07) is 4.71. The summed E-state index contributed by atoms with van der Waals surface area (Å²) in [6.45, 7) is 7.69. The van der Waals surface area contributed by atoms with Gasteiger partial charge in [0.2, 0.25) is 0 Å². The molecule has 1 N–H and O–H groups in total. The van der Waals surface area contributed by atoms with Crippen LogP contribution in [0.15, 0.2) is 15.9 Å². The summed E-state index contributed by atoms with van der Waals surface area (Å²) in [4.78, 5) is 1.41. The molecule has 19 heavy (non-hydrogen) atoms. The summed E-state index contributed by atoms with van der Waals surface area (Å²) in [5.41, 5.74) is -0.0639. The lowest BCUT2D eigenvalue weighted by Gasteiger charge is -2.39. The number of nitrogens with one attached hydrogen (secondary N) is 1. The van der Waals surface area contributed by atoms with E-state index in [0.717, 1.165) is 32.2 Å². The highest BCUT2D eigenvalue weighted by Crippen LogP contribution is 2.30. The maximum atomic E-state index is 5.90. The Balaban J connectivity index is 2.86. The van der Waals surface area contributed by atoms with E-state index >= 15 is 0 Å². The predicted molar refractivity (Wildman–Crippen MR) is 88.1 cm³/mol. The van der Waals surface area contributed by atoms with E-state index in [0.29, 0.717) is 6.04 Å². The summed E-state index contributed by atoms with van der Waals surface area (Å²) in [6.07, 6.45) is 4.26. The molecule has 4 heteroatoms. The third-order valence-corrected chi connectivity index (χ3v) is 5.56. The zero-order valence-corrected chi connectivity index (χ0v) is 14.9. The normalized spacial score (nSPS) is 13.7. The Labute approximate surface area is 130 Å². The fraction of sp³-hybridized carbons (Fsp3) is 0.733. The Morgan fingerprint density at radius 1 is 1.32 bits per heavy atom. The molecule has 0 radical (unpaired) electrons. The number of halogens is 1. The maximum Gasteiger partial charge on any atom is 0.0829 e. The molecule has 0 aliphatic heterocycles. The van der Waals surface area contributed by atoms with Gasteiger partial charge in [-0.2, -0.15) is 0 Å². The van der Waals surface area contributed by atoms with E-state index in [1.54, 1.807) is 0 Å². The molecule has 1 atom stereocenters. The molecular formula is C15H26BrNOS. The Kier molecular flexibility index (Phi) is 7.58. The first kappa shape index (κ1) is 17.2. The van der Waals surface area contributed by atoms with Crippen LogP contribution in [-0.4, -0.2) is 25.3 Å². The van der Waals surface area contributed by atoms with E-state index in [4.69, 9.17) is 4.74 Å². The molecule has 0 aliphatic rings. The fourth-order valence-corrected chi connectivity index (χ4v) is 4.13. The van der Waals surface area contributed by atoms with Crippen molar-refractivity contribution >= 4 is 27.3 Å². The van der Waals surface area contributed by atoms with Crippen molar-refractivity contribution in [1.82, 2.24) is 5.32 Å². The van der Waals surface area contributed by atoms with E-state index in [2.05, 4.69) is 54.2 Å². The lowest BCUT2D eigenvalue weighted by molar-refractivity contribution is -0.0469. The average molecular weight is 348 g/mol. The van der Waals surface area contributed by atoms with Crippen molar-refractivity contribution in [3.63, 3.8) is 0 Å². The molecule has 1 heterocycles. The molecule has 0 fully saturated rings. The first-order chi connectivity index (χ1) is 9.11. The second-order valence-corrected chi connectivity index (χ2v) is 7.44. The van der Waals surface area contributed by atoms with Gasteiger partial charge in [-0.05, 0) is 60.3 Å². The molecule has 1 aromatic heterocycles. The highest BCUT2D eigenvalue weighted by molar-refractivity contribution is 9.11. The predicted octanol–water partition coefficient (Wildman–Crippen LogP) is 4.63. The number of hydrogen-bond acceptors (Lipinski definition) is 3. The molecule has 1 aromatic rings. The largest absolute Gasteiger partial charge is 0.377 e. The zero-order valence-electron chi connectivity index (χ0n) is 12.5. The highest BCUT2D eigenvalue weighted by atomic mass is 79.9. The lowest BCUT2D eigenvalue weighted by atomic mass is 9.85. The van der Waals surface area contributed by atoms with Gasteiger partial charge < -0.3 is 10.1 Å². The Bertz CT molecular complexity index is 355. The third-order valence-electron chi connectivity index (χ3n) is 3.91. The van der Waals surface area contributed by atoms with Crippen molar-refractivity contribution in [2.45, 2.75) is 58.1 Å². The third kappa shape index (κ3) is 4.55. The summed E-state index contributed by atoms with van der Waals surface area (Å²) >= 11 is 5.36. The van der Waals surface area contributed by atoms with Gasteiger partial charge in [-0.1, -0.05) is 20.8 Å². The summed E-state index contributed by atoms with van der Waals surface area (Å²) in [7, 11) is 1.85. The SMILES string of the molecule is CCCNC(Cc1ccc(Br)s1)C(CC)(CC)OC. The van der Waals surface area contributed by atoms with Crippen molar-refractivity contribution in [2.75, 3.05) is 13.7 Å². The number of thiophene rings is 1. The van der Waals surface area contributed by atoms with Gasteiger partial charge in [-0.15, -0.1) is 11.3 Å². The standard InChI is InChI=1S/C15H26BrNOS/c1-5-10-17-13(15(6-2,7-3)18-4)11-12-8-9-14(16)19-12/h8-9,13,17H,5-7,10-11H2,1-4H3. The zero-order chi connectivity index (χ0) is 14.3. The lowest BCUT2D eigenvalue weighted by Crippen LogP contribution is -2.52. The van der Waals surface area contributed by atoms with Gasteiger partial charge in [-0.25, -0.2) is 0 Å². The number of ether oxygens (including phenoxy) is 1. The summed E-state index contributed by atoms with van der Waals surface area (Å²) < 4.78 is 7.11. The minimum atomic E-state index is -0.0639. The maximum absolute atomic E-state index is 5.90. The van der Waals surface area contributed by atoms with Crippen molar-refractivity contribution in [3.8, 4) is 0 Å². The van der Waals surface area contributed by atoms with Gasteiger partial charge in [0.25, 0.3) is 0 Å². The van der Waals surface area contributed by atoms with E-state index in [1.807, 2.05) is 18.4 Å². The molecule has 0 bridgehead atoms. The van der Waals surface area contributed by atoms with Gasteiger partial charge in [0, 0.05) is 18.0 Å². The van der Waals surface area contributed by atoms with Crippen molar-refractivity contribution in [3.05, 3.63) is 20.8 Å². The topological polar surface area (TPSA) is 21.3 Å². The number of hydrogen-bond donors (Lipinski definition) is 1. The van der Waals surface area contributed by atoms with Gasteiger partial charge in [0.15, 0.2) is 0 Å². The van der Waals surface area contributed by atoms with Crippen LogP contribution in [-0.2, 0) is 11.2 Å². The molecule has 0 aliphatic carbocycles. The molecule has 2 nitrogen and oxygen atoms in total. The highest BCUT2D eigenvalue weighted by Gasteiger charge is 2.35. The van der Waals surface area contributed by atoms with E-state index in [-0.39, 0.29) is 5.60 Å². The fourth-order valence-electron chi connectivity index (χ4n) is 2.60. The first-order valence-corrected chi connectivity index (χ1v) is 8.75. The molecule has 0 amide bonds. The van der Waals surface area contributed by atoms with Crippen molar-refractivity contribution in [2.24, 2.45) is 0 Å². The van der Waals surface area contributed by atoms with Gasteiger partial charge in [0.1, 0.15) is 0 Å². The van der Waals surface area contributed by atoms with Crippen LogP contribution in [0.4, 0.5) is 0 Å². The molecule has 1 rings (SSSR count). The first-order valence-electron chi connectivity index (χ1n) is 7.14. The monoisotopic (exact) mass is 347 g/mol. The molecular weight excluding hydrogens is 322 g/mol. The Morgan fingerprint density at radius 3 is 2.42 bits per heavy atom. The molecule has 1 unspecified atom stereocenters. The van der Waals surface area contributed by atoms with Crippen LogP contribution in [0.3, 0.4) is 0 Å². The molecule has 110 valence electrons. The quantitative estimate of drug-likeness (QED) is 0.703. The van der Waals surface area contributed by atoms with Crippen LogP contribution >= 0.6 is 27.3 Å². The minimum Gasteiger partial charge on any atom is -0.377 e. The number of rotatable bonds is 9. The van der Waals surface area contributed by atoms with Gasteiger partial charge in [-0.3, -0.25) is 0 Å². The van der Waals surface area contributed by atoms with Crippen LogP contribution < -0.4 is 5.32 Å². The van der Waals surface area contributed by atoms with Crippen LogP contribution in [0.2, 0.25) is 0 Å². The second kappa shape index (κ2) is 8.40. The second-order valence-electron chi connectivity index (χ2n) is 4.89. The van der Waals surface area contributed by atoms with Crippen LogP contribution in [0.5, 0.6) is 0 Å². The van der Waals surface area contributed by atoms with Crippen LogP contribution in [0.25, 0.3) is 0 Å².